The molecule has 6 aromatic rings. The molecule has 308 valence electrons. The van der Waals surface area contributed by atoms with E-state index < -0.39 is 16.1 Å². The molecule has 1 aliphatic rings. The maximum atomic E-state index is 13.2. The predicted octanol–water partition coefficient (Wildman–Crippen LogP) is 7.87. The van der Waals surface area contributed by atoms with Gasteiger partial charge in [0.1, 0.15) is 11.4 Å². The van der Waals surface area contributed by atoms with Gasteiger partial charge in [0.05, 0.1) is 67.8 Å². The largest absolute Gasteiger partial charge is 0.507 e. The fraction of sp³-hybridized carbons (Fsp3) is 0.405. The molecule has 4 heterocycles. The predicted molar refractivity (Wildman–Crippen MR) is 225 cm³/mol. The topological polar surface area (TPSA) is 149 Å². The van der Waals surface area contributed by atoms with Gasteiger partial charge in [-0.2, -0.15) is 18.6 Å². The van der Waals surface area contributed by atoms with Crippen molar-refractivity contribution in [2.75, 3.05) is 26.6 Å². The van der Waals surface area contributed by atoms with Gasteiger partial charge in [0.2, 0.25) is 0 Å². The van der Waals surface area contributed by atoms with Crippen LogP contribution in [0.1, 0.15) is 64.5 Å². The SMILES string of the molecule is COC(=O)c1c(CCCOS(C)(=O)=O)c2ccc(Cl)c(-c3c(COCc4cc(CSc5cc(O)c6ccccc6c5)n(CC5CCCCO5)n4)nn(C)c3C)c2n1C. The smallest absolute Gasteiger partial charge is 0.354 e. The molecule has 0 amide bonds. The Morgan fingerprint density at radius 1 is 1.05 bits per heavy atom. The van der Waals surface area contributed by atoms with Crippen molar-refractivity contribution in [2.45, 2.75) is 75.5 Å². The first-order chi connectivity index (χ1) is 27.8. The molecule has 3 aromatic heterocycles. The average Bonchev–Trinajstić information content (AvgIpc) is 3.81. The number of carbonyl (C=O) groups excluding carboxylic acids is 1. The number of aromatic nitrogens is 5. The van der Waals surface area contributed by atoms with Crippen molar-refractivity contribution in [3.05, 3.63) is 93.7 Å². The molecule has 58 heavy (non-hydrogen) atoms. The summed E-state index contributed by atoms with van der Waals surface area (Å²) in [6, 6.07) is 17.5. The van der Waals surface area contributed by atoms with E-state index in [1.165, 1.54) is 7.11 Å². The van der Waals surface area contributed by atoms with Gasteiger partial charge >= 0.3 is 5.97 Å². The second-order valence-corrected chi connectivity index (χ2v) is 17.7. The molecule has 1 fully saturated rings. The highest BCUT2D eigenvalue weighted by molar-refractivity contribution is 7.98. The van der Waals surface area contributed by atoms with E-state index in [0.717, 1.165) is 81.3 Å². The number of nitrogens with zero attached hydrogens (tertiary/aromatic N) is 5. The van der Waals surface area contributed by atoms with Crippen molar-refractivity contribution in [2.24, 2.45) is 14.1 Å². The number of esters is 1. The van der Waals surface area contributed by atoms with Gasteiger partial charge in [-0.15, -0.1) is 11.8 Å². The van der Waals surface area contributed by atoms with Crippen LogP contribution in [0.4, 0.5) is 0 Å². The monoisotopic (exact) mass is 849 g/mol. The molecule has 0 radical (unpaired) electrons. The van der Waals surface area contributed by atoms with E-state index in [1.54, 1.807) is 34.1 Å². The van der Waals surface area contributed by atoms with Gasteiger partial charge in [-0.3, -0.25) is 13.5 Å². The summed E-state index contributed by atoms with van der Waals surface area (Å²) in [5.74, 6) is 0.378. The van der Waals surface area contributed by atoms with Crippen molar-refractivity contribution >= 4 is 61.1 Å². The van der Waals surface area contributed by atoms with Gasteiger partial charge in [-0.05, 0) is 74.2 Å². The van der Waals surface area contributed by atoms with E-state index in [2.05, 4.69) is 12.1 Å². The second-order valence-electron chi connectivity index (χ2n) is 14.6. The lowest BCUT2D eigenvalue weighted by molar-refractivity contribution is 0.00339. The third-order valence-corrected chi connectivity index (χ3v) is 12.5. The van der Waals surface area contributed by atoms with Gasteiger partial charge < -0.3 is 23.9 Å². The zero-order valence-corrected chi connectivity index (χ0v) is 35.7. The summed E-state index contributed by atoms with van der Waals surface area (Å²) in [7, 11) is 1.37. The van der Waals surface area contributed by atoms with Crippen LogP contribution < -0.4 is 0 Å². The normalized spacial score (nSPS) is 14.8. The van der Waals surface area contributed by atoms with Crippen molar-refractivity contribution in [3.63, 3.8) is 0 Å². The van der Waals surface area contributed by atoms with E-state index in [1.807, 2.05) is 55.1 Å². The third-order valence-electron chi connectivity index (χ3n) is 10.6. The number of thioether (sulfide) groups is 1. The number of phenols is 1. The summed E-state index contributed by atoms with van der Waals surface area (Å²) in [5.41, 5.74) is 6.59. The van der Waals surface area contributed by atoms with E-state index in [4.69, 9.17) is 40.2 Å². The first-order valence-corrected chi connectivity index (χ1v) is 22.4. The number of hydrogen-bond acceptors (Lipinski definition) is 11. The first kappa shape index (κ1) is 41.8. The van der Waals surface area contributed by atoms with Crippen molar-refractivity contribution in [3.8, 4) is 16.9 Å². The molecule has 3 aromatic carbocycles. The number of fused-ring (bicyclic) bond motifs is 2. The maximum Gasteiger partial charge on any atom is 0.354 e. The van der Waals surface area contributed by atoms with Gasteiger partial charge in [0.25, 0.3) is 10.1 Å². The lowest BCUT2D eigenvalue weighted by Crippen LogP contribution is -2.25. The molecule has 1 unspecified atom stereocenters. The highest BCUT2D eigenvalue weighted by Crippen LogP contribution is 2.42. The van der Waals surface area contributed by atoms with Crippen LogP contribution in [0.15, 0.2) is 59.5 Å². The van der Waals surface area contributed by atoms with E-state index in [9.17, 15) is 18.3 Å². The number of methoxy groups -OCH3 is 1. The number of carbonyl (C=O) groups is 1. The molecule has 16 heteroatoms. The molecule has 1 aliphatic heterocycles. The van der Waals surface area contributed by atoms with Crippen LogP contribution in [-0.4, -0.2) is 76.3 Å². The number of benzene rings is 3. The minimum atomic E-state index is -3.61. The van der Waals surface area contributed by atoms with Gasteiger partial charge in [-0.25, -0.2) is 4.79 Å². The molecule has 0 saturated carbocycles. The number of halogens is 1. The van der Waals surface area contributed by atoms with E-state index in [0.29, 0.717) is 52.7 Å². The lowest BCUT2D eigenvalue weighted by atomic mass is 9.98. The standard InChI is InChI=1S/C42H48ClN5O8S2/c1-26-38(39-35(43)16-15-34-33(14-10-18-56-58(5,51)52)41(42(50)53-4)46(2)40(34)39)36(45-47(26)3)24-54-23-28-20-29(48(44-28)22-30-12-8-9-17-55-30)25-57-31-19-27-11-6-7-13-32(27)37(49)21-31/h6-7,11,13,15-16,19-21,30,49H,8-10,12,14,17-18,22-25H2,1-5H3. The zero-order valence-electron chi connectivity index (χ0n) is 33.3. The Morgan fingerprint density at radius 3 is 2.62 bits per heavy atom. The van der Waals surface area contributed by atoms with E-state index in [-0.39, 0.29) is 31.7 Å². The molecule has 7 rings (SSSR count). The molecule has 13 nitrogen and oxygen atoms in total. The minimum Gasteiger partial charge on any atom is -0.507 e. The Balaban J connectivity index is 1.15. The second kappa shape index (κ2) is 17.9. The third kappa shape index (κ3) is 9.09. The minimum absolute atomic E-state index is 0.0264. The summed E-state index contributed by atoms with van der Waals surface area (Å²) in [6.45, 7) is 3.72. The molecular formula is C42H48ClN5O8S2. The number of aromatic hydroxyl groups is 1. The zero-order chi connectivity index (χ0) is 41.1. The molecule has 0 aliphatic carbocycles. The van der Waals surface area contributed by atoms with Crippen molar-refractivity contribution < 1.29 is 36.7 Å². The van der Waals surface area contributed by atoms with Gasteiger partial charge in [0.15, 0.2) is 0 Å². The molecule has 0 bridgehead atoms. The van der Waals surface area contributed by atoms with Crippen LogP contribution >= 0.6 is 23.4 Å². The van der Waals surface area contributed by atoms with Crippen LogP contribution in [-0.2, 0) is 74.5 Å². The van der Waals surface area contributed by atoms with Crippen molar-refractivity contribution in [1.82, 2.24) is 24.1 Å². The summed E-state index contributed by atoms with van der Waals surface area (Å²) in [6.07, 6.45) is 4.99. The maximum absolute atomic E-state index is 13.2. The molecule has 0 spiro atoms. The summed E-state index contributed by atoms with van der Waals surface area (Å²) in [5, 5.41) is 23.6. The number of phenolic OH excluding ortho intramolecular Hbond substituents is 1. The fourth-order valence-electron chi connectivity index (χ4n) is 7.77. The highest BCUT2D eigenvalue weighted by Gasteiger charge is 2.28. The fourth-order valence-corrected chi connectivity index (χ4v) is 9.39. The summed E-state index contributed by atoms with van der Waals surface area (Å²) >= 11 is 8.67. The van der Waals surface area contributed by atoms with Crippen LogP contribution in [0.5, 0.6) is 5.75 Å². The molecular weight excluding hydrogens is 802 g/mol. The number of hydrogen-bond donors (Lipinski definition) is 1. The Labute approximate surface area is 347 Å². The number of aryl methyl sites for hydroxylation is 3. The lowest BCUT2D eigenvalue weighted by Gasteiger charge is -2.23. The Hall–Kier alpha value is -4.38. The molecule has 1 atom stereocenters. The number of rotatable bonds is 16. The average molecular weight is 850 g/mol. The van der Waals surface area contributed by atoms with E-state index >= 15 is 0 Å². The first-order valence-electron chi connectivity index (χ1n) is 19.2. The van der Waals surface area contributed by atoms with Crippen molar-refractivity contribution in [1.29, 1.82) is 0 Å². The van der Waals surface area contributed by atoms with Crippen LogP contribution in [0.3, 0.4) is 0 Å². The summed E-state index contributed by atoms with van der Waals surface area (Å²) in [4.78, 5) is 14.2. The van der Waals surface area contributed by atoms with Crippen LogP contribution in [0, 0.1) is 6.92 Å². The Morgan fingerprint density at radius 2 is 1.86 bits per heavy atom. The number of ether oxygens (including phenoxy) is 3. The van der Waals surface area contributed by atoms with Gasteiger partial charge in [-0.1, -0.05) is 41.9 Å². The summed E-state index contributed by atoms with van der Waals surface area (Å²) < 4.78 is 51.4. The highest BCUT2D eigenvalue weighted by atomic mass is 35.5. The quantitative estimate of drug-likeness (QED) is 0.0439. The van der Waals surface area contributed by atoms with Gasteiger partial charge in [0, 0.05) is 64.6 Å². The van der Waals surface area contributed by atoms with Crippen LogP contribution in [0.2, 0.25) is 5.02 Å². The molecule has 1 N–H and O–H groups in total. The van der Waals surface area contributed by atoms with Crippen LogP contribution in [0.25, 0.3) is 32.8 Å². The Bertz CT molecular complexity index is 2580. The Kier molecular flexibility index (Phi) is 12.9. The molecule has 1 saturated heterocycles.